The molecule has 0 spiro atoms. The number of carbonyl (C=O) groups is 1. The molecule has 1 aromatic heterocycles. The number of esters is 1. The van der Waals surface area contributed by atoms with Crippen LogP contribution in [0.5, 0.6) is 0 Å². The molecule has 0 amide bonds. The molecule has 0 atom stereocenters. The van der Waals surface area contributed by atoms with Crippen LogP contribution in [0.25, 0.3) is 0 Å². The lowest BCUT2D eigenvalue weighted by Gasteiger charge is -2.04. The molecule has 1 N–H and O–H groups in total. The highest BCUT2D eigenvalue weighted by atomic mass is 79.9. The first-order chi connectivity index (χ1) is 9.01. The molecular weight excluding hydrogens is 352 g/mol. The van der Waals surface area contributed by atoms with E-state index in [-0.39, 0.29) is 5.15 Å². The van der Waals surface area contributed by atoms with Crippen LogP contribution < -0.4 is 5.32 Å². The van der Waals surface area contributed by atoms with E-state index in [9.17, 15) is 4.79 Å². The first-order valence-corrected chi connectivity index (χ1v) is 7.28. The number of benzene rings is 1. The summed E-state index contributed by atoms with van der Waals surface area (Å²) >= 11 is 10.5. The molecule has 0 bridgehead atoms. The molecule has 0 unspecified atom stereocenters. The van der Waals surface area contributed by atoms with Crippen molar-refractivity contribution in [3.63, 3.8) is 0 Å². The Bertz CT molecular complexity index is 630. The summed E-state index contributed by atoms with van der Waals surface area (Å²) in [7, 11) is 1.31. The monoisotopic (exact) mass is 360 g/mol. The zero-order valence-electron chi connectivity index (χ0n) is 10.2. The Hall–Kier alpha value is -1.11. The molecule has 4 nitrogen and oxygen atoms in total. The maximum Gasteiger partial charge on any atom is 0.351 e. The van der Waals surface area contributed by atoms with Crippen molar-refractivity contribution in [2.45, 2.75) is 6.92 Å². The predicted octanol–water partition coefficient (Wildman–Crippen LogP) is 4.40. The second-order valence-electron chi connectivity index (χ2n) is 3.72. The number of nitrogens with one attached hydrogen (secondary N) is 1. The van der Waals surface area contributed by atoms with Gasteiger partial charge in [0, 0.05) is 10.2 Å². The van der Waals surface area contributed by atoms with E-state index in [2.05, 4.69) is 31.0 Å². The van der Waals surface area contributed by atoms with Crippen molar-refractivity contribution in [2.24, 2.45) is 0 Å². The lowest BCUT2D eigenvalue weighted by molar-refractivity contribution is 0.0606. The highest BCUT2D eigenvalue weighted by Gasteiger charge is 2.17. The van der Waals surface area contributed by atoms with E-state index in [0.29, 0.717) is 10.0 Å². The minimum Gasteiger partial charge on any atom is -0.465 e. The lowest BCUT2D eigenvalue weighted by Crippen LogP contribution is -1.98. The second-order valence-corrected chi connectivity index (χ2v) is 5.93. The molecule has 100 valence electrons. The zero-order chi connectivity index (χ0) is 14.0. The SMILES string of the molecule is COC(=O)c1sc(Nc2ccc(Br)c(C)c2)nc1Cl. The number of carbonyl (C=O) groups excluding carboxylic acids is 1. The molecule has 7 heteroatoms. The van der Waals surface area contributed by atoms with Gasteiger partial charge in [0.15, 0.2) is 15.2 Å². The maximum atomic E-state index is 11.4. The lowest BCUT2D eigenvalue weighted by atomic mass is 10.2. The highest BCUT2D eigenvalue weighted by Crippen LogP contribution is 2.30. The third-order valence-corrected chi connectivity index (χ3v) is 4.59. The molecule has 0 radical (unpaired) electrons. The number of thiazole rings is 1. The van der Waals surface area contributed by atoms with Gasteiger partial charge < -0.3 is 10.1 Å². The summed E-state index contributed by atoms with van der Waals surface area (Å²) in [5.74, 6) is -0.484. The third-order valence-electron chi connectivity index (χ3n) is 2.37. The zero-order valence-corrected chi connectivity index (χ0v) is 13.3. The number of rotatable bonds is 3. The molecule has 2 aromatic rings. The standard InChI is InChI=1S/C12H10BrClN2O2S/c1-6-5-7(3-4-8(6)13)15-12-16-10(14)9(19-12)11(17)18-2/h3-5H,1-2H3,(H,15,16). The Morgan fingerprint density at radius 3 is 2.89 bits per heavy atom. The van der Waals surface area contributed by atoms with E-state index in [0.717, 1.165) is 27.1 Å². The van der Waals surface area contributed by atoms with E-state index in [1.54, 1.807) is 0 Å². The Morgan fingerprint density at radius 1 is 1.53 bits per heavy atom. The number of aromatic nitrogens is 1. The van der Waals surface area contributed by atoms with Crippen LogP contribution in [-0.2, 0) is 4.74 Å². The molecule has 1 heterocycles. The second kappa shape index (κ2) is 5.90. The van der Waals surface area contributed by atoms with Gasteiger partial charge in [0.1, 0.15) is 0 Å². The van der Waals surface area contributed by atoms with Crippen LogP contribution in [0, 0.1) is 6.92 Å². The van der Waals surface area contributed by atoms with Gasteiger partial charge in [-0.2, -0.15) is 0 Å². The van der Waals surface area contributed by atoms with Crippen LogP contribution in [0.2, 0.25) is 5.15 Å². The number of anilines is 2. The van der Waals surface area contributed by atoms with Gasteiger partial charge in [-0.05, 0) is 30.7 Å². The molecule has 2 rings (SSSR count). The van der Waals surface area contributed by atoms with Gasteiger partial charge in [-0.3, -0.25) is 0 Å². The van der Waals surface area contributed by atoms with Crippen molar-refractivity contribution in [1.82, 2.24) is 4.98 Å². The van der Waals surface area contributed by atoms with Crippen LogP contribution in [0.3, 0.4) is 0 Å². The van der Waals surface area contributed by atoms with Crippen LogP contribution in [0.15, 0.2) is 22.7 Å². The highest BCUT2D eigenvalue weighted by molar-refractivity contribution is 9.10. The van der Waals surface area contributed by atoms with Gasteiger partial charge >= 0.3 is 5.97 Å². The number of halogens is 2. The summed E-state index contributed by atoms with van der Waals surface area (Å²) in [5, 5.41) is 3.80. The first-order valence-electron chi connectivity index (χ1n) is 5.29. The fourth-order valence-corrected chi connectivity index (χ4v) is 2.79. The summed E-state index contributed by atoms with van der Waals surface area (Å²) in [6.45, 7) is 1.99. The first kappa shape index (κ1) is 14.3. The van der Waals surface area contributed by atoms with Crippen LogP contribution in [-0.4, -0.2) is 18.1 Å². The average molecular weight is 362 g/mol. The molecule has 1 aromatic carbocycles. The van der Waals surface area contributed by atoms with E-state index in [4.69, 9.17) is 11.6 Å². The van der Waals surface area contributed by atoms with Gasteiger partial charge in [-0.25, -0.2) is 9.78 Å². The Kier molecular flexibility index (Phi) is 4.44. The number of hydrogen-bond donors (Lipinski definition) is 1. The molecule has 0 saturated carbocycles. The summed E-state index contributed by atoms with van der Waals surface area (Å²) in [6.07, 6.45) is 0. The predicted molar refractivity (Wildman–Crippen MR) is 80.6 cm³/mol. The minimum atomic E-state index is -0.484. The number of methoxy groups -OCH3 is 1. The van der Waals surface area contributed by atoms with E-state index in [1.165, 1.54) is 7.11 Å². The van der Waals surface area contributed by atoms with Crippen molar-refractivity contribution < 1.29 is 9.53 Å². The van der Waals surface area contributed by atoms with Crippen LogP contribution in [0.4, 0.5) is 10.8 Å². The van der Waals surface area contributed by atoms with E-state index >= 15 is 0 Å². The molecular formula is C12H10BrClN2O2S. The largest absolute Gasteiger partial charge is 0.465 e. The maximum absolute atomic E-state index is 11.4. The molecule has 19 heavy (non-hydrogen) atoms. The van der Waals surface area contributed by atoms with Crippen molar-refractivity contribution in [3.05, 3.63) is 38.3 Å². The van der Waals surface area contributed by atoms with Crippen LogP contribution in [0.1, 0.15) is 15.2 Å². The normalized spacial score (nSPS) is 10.3. The van der Waals surface area contributed by atoms with Gasteiger partial charge in [0.2, 0.25) is 0 Å². The molecule has 0 saturated heterocycles. The summed E-state index contributed by atoms with van der Waals surface area (Å²) in [4.78, 5) is 15.8. The number of hydrogen-bond acceptors (Lipinski definition) is 5. The quantitative estimate of drug-likeness (QED) is 0.823. The molecule has 0 aliphatic carbocycles. The smallest absolute Gasteiger partial charge is 0.351 e. The van der Waals surface area contributed by atoms with Crippen LogP contribution >= 0.6 is 38.9 Å². The third kappa shape index (κ3) is 3.26. The number of nitrogens with zero attached hydrogens (tertiary/aromatic N) is 1. The minimum absolute atomic E-state index is 0.146. The summed E-state index contributed by atoms with van der Waals surface area (Å²) in [6, 6.07) is 5.81. The number of ether oxygens (including phenoxy) is 1. The topological polar surface area (TPSA) is 51.2 Å². The van der Waals surface area contributed by atoms with Gasteiger partial charge in [0.05, 0.1) is 7.11 Å². The summed E-state index contributed by atoms with van der Waals surface area (Å²) < 4.78 is 5.66. The van der Waals surface area contributed by atoms with Crippen molar-refractivity contribution in [2.75, 3.05) is 12.4 Å². The average Bonchev–Trinajstić information content (AvgIpc) is 2.74. The Morgan fingerprint density at radius 2 is 2.26 bits per heavy atom. The Balaban J connectivity index is 2.24. The fraction of sp³-hybridized carbons (Fsp3) is 0.167. The fourth-order valence-electron chi connectivity index (χ4n) is 1.42. The van der Waals surface area contributed by atoms with Crippen molar-refractivity contribution in [1.29, 1.82) is 0 Å². The Labute approximate surface area is 127 Å². The van der Waals surface area contributed by atoms with Gasteiger partial charge in [-0.1, -0.05) is 38.9 Å². The molecule has 0 aliphatic rings. The molecule has 0 fully saturated rings. The molecule has 0 aliphatic heterocycles. The van der Waals surface area contributed by atoms with Crippen molar-refractivity contribution >= 4 is 55.7 Å². The van der Waals surface area contributed by atoms with E-state index < -0.39 is 5.97 Å². The van der Waals surface area contributed by atoms with Gasteiger partial charge in [0.25, 0.3) is 0 Å². The van der Waals surface area contributed by atoms with Crippen molar-refractivity contribution in [3.8, 4) is 0 Å². The number of aryl methyl sites for hydroxylation is 1. The van der Waals surface area contributed by atoms with E-state index in [1.807, 2.05) is 25.1 Å². The van der Waals surface area contributed by atoms with Gasteiger partial charge in [-0.15, -0.1) is 0 Å². The summed E-state index contributed by atoms with van der Waals surface area (Å²) in [5.41, 5.74) is 1.98.